The summed E-state index contributed by atoms with van der Waals surface area (Å²) in [6.07, 6.45) is 0. The number of carboxylic acid groups (broad SMARTS) is 1. The average Bonchev–Trinajstić information content (AvgIpc) is 2.44. The molecule has 0 aliphatic rings. The highest BCUT2D eigenvalue weighted by atomic mass is 32.2. The number of nitrogens with zero attached hydrogens (tertiary/aromatic N) is 2. The van der Waals surface area contributed by atoms with Crippen LogP contribution in [0, 0.1) is 13.8 Å². The van der Waals surface area contributed by atoms with Crippen molar-refractivity contribution < 1.29 is 18.3 Å². The molecule has 0 aliphatic heterocycles. The Hall–Kier alpha value is -2.52. The number of aromatic nitrogens is 2. The minimum Gasteiger partial charge on any atom is -0.478 e. The Kier molecular flexibility index (Phi) is 4.38. The Labute approximate surface area is 127 Å². The summed E-state index contributed by atoms with van der Waals surface area (Å²) in [4.78, 5) is 20.9. The molecule has 0 atom stereocenters. The molecule has 116 valence electrons. The molecule has 0 fully saturated rings. The lowest BCUT2D eigenvalue weighted by Gasteiger charge is -2.09. The monoisotopic (exact) mass is 322 g/mol. The van der Waals surface area contributed by atoms with Crippen molar-refractivity contribution in [1.29, 1.82) is 0 Å². The summed E-state index contributed by atoms with van der Waals surface area (Å²) in [6.45, 7) is 3.53. The normalized spacial score (nSPS) is 11.2. The van der Waals surface area contributed by atoms with Gasteiger partial charge in [0.25, 0.3) is 10.0 Å². The highest BCUT2D eigenvalue weighted by Gasteiger charge is 2.15. The summed E-state index contributed by atoms with van der Waals surface area (Å²) in [6, 6.07) is 6.59. The molecule has 0 bridgehead atoms. The molecule has 9 heteroatoms. The lowest BCUT2D eigenvalue weighted by atomic mass is 10.2. The van der Waals surface area contributed by atoms with E-state index < -0.39 is 16.0 Å². The van der Waals surface area contributed by atoms with E-state index in [4.69, 9.17) is 5.11 Å². The average molecular weight is 322 g/mol. The van der Waals surface area contributed by atoms with Crippen LogP contribution in [-0.4, -0.2) is 29.5 Å². The third kappa shape index (κ3) is 3.77. The molecule has 0 amide bonds. The lowest BCUT2D eigenvalue weighted by molar-refractivity contribution is 0.0696. The van der Waals surface area contributed by atoms with Crippen LogP contribution in [0.1, 0.15) is 21.7 Å². The third-order valence-corrected chi connectivity index (χ3v) is 3.95. The van der Waals surface area contributed by atoms with Crippen molar-refractivity contribution >= 4 is 21.9 Å². The molecule has 2 aromatic rings. The molecule has 0 aliphatic carbocycles. The van der Waals surface area contributed by atoms with E-state index in [9.17, 15) is 13.2 Å². The van der Waals surface area contributed by atoms with Crippen LogP contribution >= 0.6 is 0 Å². The number of hydrogen-bond donors (Lipinski definition) is 3. The number of benzene rings is 1. The smallest absolute Gasteiger partial charge is 0.335 e. The maximum atomic E-state index is 12.1. The first kappa shape index (κ1) is 15.9. The molecular formula is C13H14N4O4S. The molecule has 0 radical (unpaired) electrons. The number of aryl methyl sites for hydroxylation is 2. The number of sulfonamides is 1. The highest BCUT2D eigenvalue weighted by Crippen LogP contribution is 2.11. The molecule has 0 spiro atoms. The molecule has 0 unspecified atom stereocenters. The Morgan fingerprint density at radius 2 is 1.64 bits per heavy atom. The summed E-state index contributed by atoms with van der Waals surface area (Å²) >= 11 is 0. The zero-order chi connectivity index (χ0) is 16.3. The van der Waals surface area contributed by atoms with Crippen LogP contribution in [0.3, 0.4) is 0 Å². The zero-order valence-electron chi connectivity index (χ0n) is 11.9. The Bertz CT molecular complexity index is 783. The second-order valence-corrected chi connectivity index (χ2v) is 6.22. The first-order valence-corrected chi connectivity index (χ1v) is 7.70. The van der Waals surface area contributed by atoms with Crippen LogP contribution in [0.15, 0.2) is 35.2 Å². The molecule has 1 heterocycles. The summed E-state index contributed by atoms with van der Waals surface area (Å²) in [7, 11) is -3.86. The quantitative estimate of drug-likeness (QED) is 0.705. The Morgan fingerprint density at radius 1 is 1.09 bits per heavy atom. The third-order valence-electron chi connectivity index (χ3n) is 2.69. The lowest BCUT2D eigenvalue weighted by Crippen LogP contribution is -2.30. The highest BCUT2D eigenvalue weighted by molar-refractivity contribution is 7.89. The van der Waals surface area contributed by atoms with Gasteiger partial charge in [-0.3, -0.25) is 5.43 Å². The van der Waals surface area contributed by atoms with Crippen molar-refractivity contribution in [3.8, 4) is 0 Å². The standard InChI is InChI=1S/C13H14N4O4S/c1-8-7-9(2)15-13(14-8)16-17-22(20,21)11-5-3-10(4-6-11)12(18)19/h3-7,17H,1-2H3,(H,18,19)(H,14,15,16). The van der Waals surface area contributed by atoms with Gasteiger partial charge in [0.1, 0.15) is 0 Å². The number of carbonyl (C=O) groups is 1. The van der Waals surface area contributed by atoms with Crippen molar-refractivity contribution in [2.75, 3.05) is 5.43 Å². The van der Waals surface area contributed by atoms with Gasteiger partial charge in [0.2, 0.25) is 5.95 Å². The van der Waals surface area contributed by atoms with E-state index >= 15 is 0 Å². The zero-order valence-corrected chi connectivity index (χ0v) is 12.7. The molecule has 3 N–H and O–H groups in total. The van der Waals surface area contributed by atoms with Crippen LogP contribution in [0.2, 0.25) is 0 Å². The summed E-state index contributed by atoms with van der Waals surface area (Å²) in [5, 5.41) is 8.79. The molecule has 2 rings (SSSR count). The van der Waals surface area contributed by atoms with Crippen LogP contribution in [-0.2, 0) is 10.0 Å². The van der Waals surface area contributed by atoms with Crippen LogP contribution in [0.5, 0.6) is 0 Å². The first-order valence-electron chi connectivity index (χ1n) is 6.21. The van der Waals surface area contributed by atoms with Gasteiger partial charge in [-0.15, -0.1) is 4.83 Å². The second-order valence-electron chi connectivity index (χ2n) is 4.53. The Morgan fingerprint density at radius 3 is 2.14 bits per heavy atom. The van der Waals surface area contributed by atoms with Crippen LogP contribution in [0.25, 0.3) is 0 Å². The number of anilines is 1. The number of hydrazine groups is 1. The van der Waals surface area contributed by atoms with E-state index in [1.54, 1.807) is 19.9 Å². The van der Waals surface area contributed by atoms with Gasteiger partial charge in [-0.25, -0.2) is 23.2 Å². The molecule has 22 heavy (non-hydrogen) atoms. The number of carboxylic acids is 1. The molecular weight excluding hydrogens is 308 g/mol. The molecule has 0 saturated heterocycles. The van der Waals surface area contributed by atoms with Gasteiger partial charge in [0.05, 0.1) is 10.5 Å². The van der Waals surface area contributed by atoms with Gasteiger partial charge in [-0.2, -0.15) is 0 Å². The van der Waals surface area contributed by atoms with Crippen molar-refractivity contribution in [3.05, 3.63) is 47.3 Å². The topological polar surface area (TPSA) is 121 Å². The minimum absolute atomic E-state index is 0.00421. The van der Waals surface area contributed by atoms with E-state index in [2.05, 4.69) is 20.2 Å². The maximum absolute atomic E-state index is 12.1. The van der Waals surface area contributed by atoms with E-state index in [0.717, 1.165) is 0 Å². The van der Waals surface area contributed by atoms with Gasteiger partial charge >= 0.3 is 5.97 Å². The van der Waals surface area contributed by atoms with Crippen LogP contribution in [0.4, 0.5) is 5.95 Å². The number of aromatic carboxylic acids is 1. The largest absolute Gasteiger partial charge is 0.478 e. The van der Waals surface area contributed by atoms with Crippen LogP contribution < -0.4 is 10.3 Å². The van der Waals surface area contributed by atoms with E-state index in [1.807, 2.05) is 0 Å². The van der Waals surface area contributed by atoms with Crippen molar-refractivity contribution in [2.24, 2.45) is 0 Å². The van der Waals surface area contributed by atoms with Gasteiger partial charge in [0, 0.05) is 11.4 Å². The van der Waals surface area contributed by atoms with E-state index in [-0.39, 0.29) is 16.4 Å². The first-order chi connectivity index (χ1) is 10.3. The molecule has 8 nitrogen and oxygen atoms in total. The molecule has 0 saturated carbocycles. The molecule has 1 aromatic heterocycles. The number of nitrogens with one attached hydrogen (secondary N) is 2. The second kappa shape index (κ2) is 6.08. The van der Waals surface area contributed by atoms with E-state index in [0.29, 0.717) is 11.4 Å². The van der Waals surface area contributed by atoms with Crippen molar-refractivity contribution in [1.82, 2.24) is 14.8 Å². The maximum Gasteiger partial charge on any atom is 0.335 e. The van der Waals surface area contributed by atoms with E-state index in [1.165, 1.54) is 24.3 Å². The summed E-state index contributed by atoms with van der Waals surface area (Å²) < 4.78 is 24.2. The van der Waals surface area contributed by atoms with Gasteiger partial charge in [-0.05, 0) is 44.2 Å². The SMILES string of the molecule is Cc1cc(C)nc(NNS(=O)(=O)c2ccc(C(=O)O)cc2)n1. The van der Waals surface area contributed by atoms with Crippen molar-refractivity contribution in [2.45, 2.75) is 18.7 Å². The fraction of sp³-hybridized carbons (Fsp3) is 0.154. The Balaban J connectivity index is 2.15. The fourth-order valence-electron chi connectivity index (χ4n) is 1.73. The summed E-state index contributed by atoms with van der Waals surface area (Å²) in [5.74, 6) is -0.998. The van der Waals surface area contributed by atoms with Gasteiger partial charge in [-0.1, -0.05) is 0 Å². The van der Waals surface area contributed by atoms with Gasteiger partial charge < -0.3 is 5.11 Å². The molecule has 1 aromatic carbocycles. The number of hydrogen-bond acceptors (Lipinski definition) is 6. The minimum atomic E-state index is -3.86. The predicted octanol–water partition coefficient (Wildman–Crippen LogP) is 1.10. The van der Waals surface area contributed by atoms with Crippen molar-refractivity contribution in [3.63, 3.8) is 0 Å². The van der Waals surface area contributed by atoms with Gasteiger partial charge in [0.15, 0.2) is 0 Å². The predicted molar refractivity (Wildman–Crippen MR) is 78.9 cm³/mol. The fourth-order valence-corrected chi connectivity index (χ4v) is 2.57. The number of rotatable bonds is 5. The summed E-state index contributed by atoms with van der Waals surface area (Å²) in [5.41, 5.74) is 3.82.